The first kappa shape index (κ1) is 20.7. The Morgan fingerprint density at radius 2 is 2.14 bits per heavy atom. The first-order chi connectivity index (χ1) is 13.3. The lowest BCUT2D eigenvalue weighted by atomic mass is 10.1. The molecule has 1 aliphatic heterocycles. The predicted molar refractivity (Wildman–Crippen MR) is 110 cm³/mol. The van der Waals surface area contributed by atoms with Gasteiger partial charge in [-0.1, -0.05) is 18.5 Å². The second-order valence-corrected chi connectivity index (χ2v) is 10.3. The Morgan fingerprint density at radius 3 is 2.82 bits per heavy atom. The van der Waals surface area contributed by atoms with E-state index in [9.17, 15) is 13.2 Å². The molecule has 1 atom stereocenters. The van der Waals surface area contributed by atoms with Gasteiger partial charge in [-0.05, 0) is 45.3 Å². The lowest BCUT2D eigenvalue weighted by molar-refractivity contribution is 0.0944. The number of sulfone groups is 1. The number of aryl methyl sites for hydroxylation is 3. The molecule has 7 nitrogen and oxygen atoms in total. The van der Waals surface area contributed by atoms with Crippen LogP contribution < -0.4 is 5.32 Å². The number of amides is 1. The van der Waals surface area contributed by atoms with Crippen molar-refractivity contribution in [3.05, 3.63) is 32.6 Å². The first-order valence-electron chi connectivity index (χ1n) is 9.41. The van der Waals surface area contributed by atoms with Gasteiger partial charge >= 0.3 is 0 Å². The van der Waals surface area contributed by atoms with E-state index in [1.54, 1.807) is 6.92 Å². The van der Waals surface area contributed by atoms with Crippen molar-refractivity contribution in [2.45, 2.75) is 52.5 Å². The molecule has 28 heavy (non-hydrogen) atoms. The van der Waals surface area contributed by atoms with Crippen LogP contribution in [0.4, 0.5) is 0 Å². The highest BCUT2D eigenvalue weighted by atomic mass is 32.2. The van der Waals surface area contributed by atoms with E-state index in [0.717, 1.165) is 36.3 Å². The second-order valence-electron chi connectivity index (χ2n) is 7.08. The van der Waals surface area contributed by atoms with Crippen LogP contribution >= 0.6 is 11.3 Å². The van der Waals surface area contributed by atoms with Gasteiger partial charge < -0.3 is 9.84 Å². The van der Waals surface area contributed by atoms with Crippen molar-refractivity contribution in [1.82, 2.24) is 15.5 Å². The highest BCUT2D eigenvalue weighted by Crippen LogP contribution is 2.23. The Bertz CT molecular complexity index is 989. The number of nitrogens with zero attached hydrogens (tertiary/aromatic N) is 2. The van der Waals surface area contributed by atoms with Crippen LogP contribution in [0.2, 0.25) is 0 Å². The predicted octanol–water partition coefficient (Wildman–Crippen LogP) is 3.18. The van der Waals surface area contributed by atoms with E-state index in [-0.39, 0.29) is 23.5 Å². The Balaban J connectivity index is 1.71. The molecule has 2 aromatic heterocycles. The third-order valence-corrected chi connectivity index (χ3v) is 7.62. The molecule has 1 aliphatic rings. The highest BCUT2D eigenvalue weighted by molar-refractivity contribution is 7.91. The molecule has 1 fully saturated rings. The monoisotopic (exact) mass is 423 g/mol. The third-order valence-electron chi connectivity index (χ3n) is 4.73. The molecule has 3 rings (SSSR count). The lowest BCUT2D eigenvalue weighted by Gasteiger charge is -2.09. The van der Waals surface area contributed by atoms with Crippen LogP contribution in [0.5, 0.6) is 0 Å². The van der Waals surface area contributed by atoms with E-state index >= 15 is 0 Å². The average Bonchev–Trinajstić information content (AvgIpc) is 3.28. The molecule has 2 aromatic rings. The number of nitrogens with one attached hydrogen (secondary N) is 1. The maximum absolute atomic E-state index is 12.5. The molecule has 1 saturated heterocycles. The number of hydrogen-bond acceptors (Lipinski definition) is 7. The molecule has 1 unspecified atom stereocenters. The van der Waals surface area contributed by atoms with Gasteiger partial charge in [-0.3, -0.25) is 4.79 Å². The molecular weight excluding hydrogens is 398 g/mol. The van der Waals surface area contributed by atoms with Gasteiger partial charge in [-0.25, -0.2) is 13.4 Å². The van der Waals surface area contributed by atoms with Crippen molar-refractivity contribution >= 4 is 39.2 Å². The van der Waals surface area contributed by atoms with Gasteiger partial charge in [0.2, 0.25) is 0 Å². The lowest BCUT2D eigenvalue weighted by Crippen LogP contribution is -2.35. The van der Waals surface area contributed by atoms with Crippen molar-refractivity contribution in [2.24, 2.45) is 0 Å². The van der Waals surface area contributed by atoms with E-state index in [0.29, 0.717) is 22.0 Å². The Kier molecular flexibility index (Phi) is 6.34. The molecule has 3 heterocycles. The van der Waals surface area contributed by atoms with Crippen LogP contribution in [0.15, 0.2) is 4.52 Å². The number of rotatable bonds is 7. The fourth-order valence-electron chi connectivity index (χ4n) is 3.18. The number of thiazole rings is 1. The summed E-state index contributed by atoms with van der Waals surface area (Å²) < 4.78 is 28.4. The number of hydrogen-bond donors (Lipinski definition) is 1. The standard InChI is InChI=1S/C19H25N3O4S2/c1-4-5-6-16-15(13(3)26-22-16)7-8-17-20-12(2)18(27-17)19(23)21-14-9-10-28(24,25)11-14/h7-8,14H,4-6,9-11H2,1-3H3,(H,21,23)/b8-7+. The van der Waals surface area contributed by atoms with Crippen molar-refractivity contribution < 1.29 is 17.7 Å². The van der Waals surface area contributed by atoms with Crippen LogP contribution in [0.3, 0.4) is 0 Å². The van der Waals surface area contributed by atoms with Crippen molar-refractivity contribution in [3.63, 3.8) is 0 Å². The van der Waals surface area contributed by atoms with Gasteiger partial charge in [-0.2, -0.15) is 0 Å². The number of unbranched alkanes of at least 4 members (excludes halogenated alkanes) is 1. The number of aromatic nitrogens is 2. The van der Waals surface area contributed by atoms with Crippen LogP contribution in [0, 0.1) is 13.8 Å². The summed E-state index contributed by atoms with van der Waals surface area (Å²) in [4.78, 5) is 17.5. The summed E-state index contributed by atoms with van der Waals surface area (Å²) in [6, 6.07) is -0.321. The van der Waals surface area contributed by atoms with Crippen LogP contribution in [0.1, 0.15) is 63.6 Å². The molecular formula is C19H25N3O4S2. The fourth-order valence-corrected chi connectivity index (χ4v) is 5.72. The quantitative estimate of drug-likeness (QED) is 0.734. The molecule has 1 N–H and O–H groups in total. The van der Waals surface area contributed by atoms with Crippen LogP contribution in [-0.4, -0.2) is 42.0 Å². The van der Waals surface area contributed by atoms with E-state index in [2.05, 4.69) is 22.4 Å². The minimum Gasteiger partial charge on any atom is -0.361 e. The van der Waals surface area contributed by atoms with Gasteiger partial charge in [0.15, 0.2) is 9.84 Å². The summed E-state index contributed by atoms with van der Waals surface area (Å²) in [6.45, 7) is 5.80. The minimum atomic E-state index is -3.03. The van der Waals surface area contributed by atoms with E-state index in [1.807, 2.05) is 19.1 Å². The molecule has 1 amide bonds. The molecule has 0 radical (unpaired) electrons. The summed E-state index contributed by atoms with van der Waals surface area (Å²) in [5.74, 6) is 0.639. The third kappa shape index (κ3) is 4.88. The smallest absolute Gasteiger partial charge is 0.263 e. The van der Waals surface area contributed by atoms with E-state index < -0.39 is 9.84 Å². The molecule has 152 valence electrons. The zero-order valence-corrected chi connectivity index (χ0v) is 18.0. The van der Waals surface area contributed by atoms with Crippen LogP contribution in [0.25, 0.3) is 12.2 Å². The normalized spacial score (nSPS) is 18.8. The van der Waals surface area contributed by atoms with Crippen molar-refractivity contribution in [3.8, 4) is 0 Å². The summed E-state index contributed by atoms with van der Waals surface area (Å²) in [5.41, 5.74) is 2.53. The average molecular weight is 424 g/mol. The zero-order chi connectivity index (χ0) is 20.3. The van der Waals surface area contributed by atoms with Gasteiger partial charge in [0.1, 0.15) is 15.6 Å². The summed E-state index contributed by atoms with van der Waals surface area (Å²) in [7, 11) is -3.03. The number of carbonyl (C=O) groups is 1. The largest absolute Gasteiger partial charge is 0.361 e. The molecule has 0 bridgehead atoms. The van der Waals surface area contributed by atoms with E-state index in [4.69, 9.17) is 4.52 Å². The second kappa shape index (κ2) is 8.57. The topological polar surface area (TPSA) is 102 Å². The molecule has 9 heteroatoms. The summed E-state index contributed by atoms with van der Waals surface area (Å²) in [5, 5.41) is 7.66. The van der Waals surface area contributed by atoms with Crippen LogP contribution in [-0.2, 0) is 16.3 Å². The van der Waals surface area contributed by atoms with Gasteiger partial charge in [0.25, 0.3) is 5.91 Å². The van der Waals surface area contributed by atoms with Crippen molar-refractivity contribution in [2.75, 3.05) is 11.5 Å². The molecule has 0 aromatic carbocycles. The Labute approximate surface area is 169 Å². The maximum atomic E-state index is 12.5. The zero-order valence-electron chi connectivity index (χ0n) is 16.3. The molecule has 0 spiro atoms. The molecule has 0 aliphatic carbocycles. The van der Waals surface area contributed by atoms with Gasteiger partial charge in [0, 0.05) is 11.6 Å². The SMILES string of the molecule is CCCCc1noc(C)c1/C=C/c1nc(C)c(C(=O)NC2CCS(=O)(=O)C2)s1. The minimum absolute atomic E-state index is 0.0106. The van der Waals surface area contributed by atoms with Gasteiger partial charge in [0.05, 0.1) is 22.9 Å². The maximum Gasteiger partial charge on any atom is 0.263 e. The number of carbonyl (C=O) groups excluding carboxylic acids is 1. The van der Waals surface area contributed by atoms with Gasteiger partial charge in [-0.15, -0.1) is 11.3 Å². The molecule has 0 saturated carbocycles. The Hall–Kier alpha value is -2.00. The van der Waals surface area contributed by atoms with E-state index in [1.165, 1.54) is 11.3 Å². The Morgan fingerprint density at radius 1 is 1.36 bits per heavy atom. The summed E-state index contributed by atoms with van der Waals surface area (Å²) >= 11 is 1.29. The fraction of sp³-hybridized carbons (Fsp3) is 0.526. The highest BCUT2D eigenvalue weighted by Gasteiger charge is 2.30. The first-order valence-corrected chi connectivity index (χ1v) is 12.0. The summed E-state index contributed by atoms with van der Waals surface area (Å²) in [6.07, 6.45) is 7.25. The van der Waals surface area contributed by atoms with Crippen molar-refractivity contribution in [1.29, 1.82) is 0 Å².